The minimum Gasteiger partial charge on any atom is -0.331 e. The van der Waals surface area contributed by atoms with Gasteiger partial charge in [0.2, 0.25) is 5.91 Å². The van der Waals surface area contributed by atoms with Gasteiger partial charge in [0.05, 0.1) is 12.4 Å². The van der Waals surface area contributed by atoms with Crippen molar-refractivity contribution in [3.8, 4) is 5.69 Å². The molecule has 1 aromatic carbocycles. The average molecular weight is 349 g/mol. The van der Waals surface area contributed by atoms with Gasteiger partial charge in [-0.25, -0.2) is 4.98 Å². The maximum absolute atomic E-state index is 12.6. The van der Waals surface area contributed by atoms with Crippen LogP contribution >= 0.6 is 11.3 Å². The molecule has 1 aliphatic heterocycles. The van der Waals surface area contributed by atoms with Gasteiger partial charge in [-0.1, -0.05) is 18.2 Å². The lowest BCUT2D eigenvalue weighted by Crippen LogP contribution is -2.28. The van der Waals surface area contributed by atoms with Crippen molar-refractivity contribution in [2.45, 2.75) is 18.9 Å². The minimum absolute atomic E-state index is 0.0922. The van der Waals surface area contributed by atoms with Crippen LogP contribution in [0.5, 0.6) is 0 Å². The number of thiophene rings is 1. The SMILES string of the molecule is O=C(/C=C/c1ccc(-n2ccnc2)cc1)N1CCCC1c1cccs1. The summed E-state index contributed by atoms with van der Waals surface area (Å²) in [5.74, 6) is 0.0922. The normalized spacial score (nSPS) is 17.4. The fourth-order valence-electron chi connectivity index (χ4n) is 3.24. The molecule has 0 aliphatic carbocycles. The maximum atomic E-state index is 12.6. The van der Waals surface area contributed by atoms with E-state index in [0.29, 0.717) is 0 Å². The predicted octanol–water partition coefficient (Wildman–Crippen LogP) is 4.31. The van der Waals surface area contributed by atoms with Crippen LogP contribution in [0.4, 0.5) is 0 Å². The van der Waals surface area contributed by atoms with Gasteiger partial charge in [0.1, 0.15) is 0 Å². The molecule has 0 saturated carbocycles. The van der Waals surface area contributed by atoms with Crippen molar-refractivity contribution in [3.63, 3.8) is 0 Å². The Morgan fingerprint density at radius 3 is 2.84 bits per heavy atom. The van der Waals surface area contributed by atoms with E-state index in [1.54, 1.807) is 29.9 Å². The van der Waals surface area contributed by atoms with E-state index in [0.717, 1.165) is 30.6 Å². The van der Waals surface area contributed by atoms with Crippen LogP contribution in [-0.4, -0.2) is 26.9 Å². The summed E-state index contributed by atoms with van der Waals surface area (Å²) in [6.45, 7) is 0.839. The van der Waals surface area contributed by atoms with Crippen molar-refractivity contribution in [1.82, 2.24) is 14.5 Å². The Balaban J connectivity index is 1.45. The highest BCUT2D eigenvalue weighted by Crippen LogP contribution is 2.34. The Morgan fingerprint density at radius 1 is 1.24 bits per heavy atom. The second-order valence-electron chi connectivity index (χ2n) is 6.10. The van der Waals surface area contributed by atoms with E-state index in [-0.39, 0.29) is 11.9 Å². The largest absolute Gasteiger partial charge is 0.331 e. The van der Waals surface area contributed by atoms with Crippen molar-refractivity contribution in [1.29, 1.82) is 0 Å². The van der Waals surface area contributed by atoms with E-state index in [2.05, 4.69) is 22.5 Å². The van der Waals surface area contributed by atoms with Gasteiger partial charge in [-0.2, -0.15) is 0 Å². The summed E-state index contributed by atoms with van der Waals surface area (Å²) >= 11 is 1.73. The van der Waals surface area contributed by atoms with Gasteiger partial charge in [0.15, 0.2) is 0 Å². The fraction of sp³-hybridized carbons (Fsp3) is 0.200. The molecule has 1 atom stereocenters. The van der Waals surface area contributed by atoms with Crippen molar-refractivity contribution >= 4 is 23.3 Å². The summed E-state index contributed by atoms with van der Waals surface area (Å²) in [4.78, 5) is 19.9. The second-order valence-corrected chi connectivity index (χ2v) is 7.08. The van der Waals surface area contributed by atoms with Crippen molar-refractivity contribution in [3.05, 3.63) is 77.0 Å². The van der Waals surface area contributed by atoms with Crippen LogP contribution in [0.2, 0.25) is 0 Å². The number of hydrogen-bond donors (Lipinski definition) is 0. The monoisotopic (exact) mass is 349 g/mol. The van der Waals surface area contributed by atoms with E-state index >= 15 is 0 Å². The number of carbonyl (C=O) groups excluding carboxylic acids is 1. The highest BCUT2D eigenvalue weighted by atomic mass is 32.1. The molecule has 5 heteroatoms. The lowest BCUT2D eigenvalue weighted by molar-refractivity contribution is -0.126. The Morgan fingerprint density at radius 2 is 2.12 bits per heavy atom. The van der Waals surface area contributed by atoms with E-state index in [9.17, 15) is 4.79 Å². The molecule has 1 fully saturated rings. The number of benzene rings is 1. The zero-order valence-corrected chi connectivity index (χ0v) is 14.6. The molecule has 0 radical (unpaired) electrons. The zero-order chi connectivity index (χ0) is 17.1. The summed E-state index contributed by atoms with van der Waals surface area (Å²) < 4.78 is 1.95. The van der Waals surface area contributed by atoms with E-state index in [4.69, 9.17) is 0 Å². The molecule has 0 N–H and O–H groups in total. The van der Waals surface area contributed by atoms with E-state index < -0.39 is 0 Å². The maximum Gasteiger partial charge on any atom is 0.247 e. The lowest BCUT2D eigenvalue weighted by Gasteiger charge is -2.22. The molecule has 126 valence electrons. The molecule has 25 heavy (non-hydrogen) atoms. The highest BCUT2D eigenvalue weighted by Gasteiger charge is 2.29. The Kier molecular flexibility index (Phi) is 4.48. The van der Waals surface area contributed by atoms with E-state index in [1.807, 2.05) is 46.0 Å². The van der Waals surface area contributed by atoms with Crippen LogP contribution in [0.15, 0.2) is 66.6 Å². The Bertz CT molecular complexity index is 851. The molecule has 1 aliphatic rings. The van der Waals surface area contributed by atoms with Gasteiger partial charge in [-0.15, -0.1) is 11.3 Å². The van der Waals surface area contributed by atoms with Crippen LogP contribution in [-0.2, 0) is 4.79 Å². The number of likely N-dealkylation sites (tertiary alicyclic amines) is 1. The molecule has 4 rings (SSSR count). The summed E-state index contributed by atoms with van der Waals surface area (Å²) in [6.07, 6.45) is 11.1. The van der Waals surface area contributed by atoms with Gasteiger partial charge < -0.3 is 9.47 Å². The molecule has 4 nitrogen and oxygen atoms in total. The fourth-order valence-corrected chi connectivity index (χ4v) is 4.11. The molecule has 1 saturated heterocycles. The third-order valence-corrected chi connectivity index (χ3v) is 5.50. The Hall–Kier alpha value is -2.66. The lowest BCUT2D eigenvalue weighted by atomic mass is 10.1. The van der Waals surface area contributed by atoms with Gasteiger partial charge in [-0.3, -0.25) is 4.79 Å². The summed E-state index contributed by atoms with van der Waals surface area (Å²) in [7, 11) is 0. The number of amides is 1. The molecular weight excluding hydrogens is 330 g/mol. The molecule has 0 bridgehead atoms. The van der Waals surface area contributed by atoms with Gasteiger partial charge in [0, 0.05) is 35.6 Å². The topological polar surface area (TPSA) is 38.1 Å². The summed E-state index contributed by atoms with van der Waals surface area (Å²) in [6, 6.07) is 12.5. The number of aromatic nitrogens is 2. The van der Waals surface area contributed by atoms with Gasteiger partial charge in [0.25, 0.3) is 0 Å². The van der Waals surface area contributed by atoms with Crippen LogP contribution < -0.4 is 0 Å². The molecular formula is C20H19N3OS. The van der Waals surface area contributed by atoms with Crippen molar-refractivity contribution in [2.75, 3.05) is 6.54 Å². The first-order valence-corrected chi connectivity index (χ1v) is 9.30. The van der Waals surface area contributed by atoms with Crippen LogP contribution in [0, 0.1) is 0 Å². The Labute approximate surface area is 151 Å². The molecule has 1 amide bonds. The van der Waals surface area contributed by atoms with E-state index in [1.165, 1.54) is 4.88 Å². The number of imidazole rings is 1. The van der Waals surface area contributed by atoms with Crippen LogP contribution in [0.1, 0.15) is 29.3 Å². The average Bonchev–Trinajstić information content (AvgIpc) is 3.41. The van der Waals surface area contributed by atoms with Crippen molar-refractivity contribution < 1.29 is 4.79 Å². The van der Waals surface area contributed by atoms with Crippen molar-refractivity contribution in [2.24, 2.45) is 0 Å². The molecule has 2 aromatic heterocycles. The second kappa shape index (κ2) is 7.07. The number of rotatable bonds is 4. The van der Waals surface area contributed by atoms with Gasteiger partial charge in [-0.05, 0) is 48.1 Å². The molecule has 0 spiro atoms. The zero-order valence-electron chi connectivity index (χ0n) is 13.8. The first kappa shape index (κ1) is 15.8. The van der Waals surface area contributed by atoms with Crippen LogP contribution in [0.25, 0.3) is 11.8 Å². The molecule has 1 unspecified atom stereocenters. The smallest absolute Gasteiger partial charge is 0.247 e. The third-order valence-electron chi connectivity index (χ3n) is 4.52. The first-order chi connectivity index (χ1) is 12.3. The standard InChI is InChI=1S/C20H19N3OS/c24-20(23-12-1-3-18(23)19-4-2-14-25-19)10-7-16-5-8-17(9-6-16)22-13-11-21-15-22/h2,4-11,13-15,18H,1,3,12H2/b10-7+. The first-order valence-electron chi connectivity index (χ1n) is 8.42. The minimum atomic E-state index is 0.0922. The summed E-state index contributed by atoms with van der Waals surface area (Å²) in [5.41, 5.74) is 2.07. The number of hydrogen-bond acceptors (Lipinski definition) is 3. The third kappa shape index (κ3) is 3.42. The van der Waals surface area contributed by atoms with Gasteiger partial charge >= 0.3 is 0 Å². The molecule has 3 heterocycles. The summed E-state index contributed by atoms with van der Waals surface area (Å²) in [5, 5.41) is 2.08. The number of nitrogens with zero attached hydrogens (tertiary/aromatic N) is 3. The molecule has 3 aromatic rings. The number of carbonyl (C=O) groups is 1. The predicted molar refractivity (Wildman–Crippen MR) is 101 cm³/mol. The highest BCUT2D eigenvalue weighted by molar-refractivity contribution is 7.10. The quantitative estimate of drug-likeness (QED) is 0.658. The van der Waals surface area contributed by atoms with Crippen LogP contribution in [0.3, 0.4) is 0 Å².